The van der Waals surface area contributed by atoms with Crippen molar-refractivity contribution in [3.05, 3.63) is 44.5 Å². The van der Waals surface area contributed by atoms with Crippen LogP contribution in [-0.2, 0) is 0 Å². The number of phenols is 1. The fraction of sp³-hybridized carbons (Fsp3) is 0. The summed E-state index contributed by atoms with van der Waals surface area (Å²) in [7, 11) is 0. The second kappa shape index (κ2) is 4.04. The second-order valence-electron chi connectivity index (χ2n) is 2.28. The Morgan fingerprint density at radius 1 is 1.54 bits per heavy atom. The zero-order valence-corrected chi connectivity index (χ0v) is 8.06. The van der Waals surface area contributed by atoms with Crippen LogP contribution in [0.5, 0.6) is 5.75 Å². The molecule has 1 aromatic rings. The third kappa shape index (κ3) is 2.55. The van der Waals surface area contributed by atoms with Crippen molar-refractivity contribution in [1.29, 1.82) is 0 Å². The predicted molar refractivity (Wildman–Crippen MR) is 51.8 cm³/mol. The van der Waals surface area contributed by atoms with Gasteiger partial charge in [-0.15, -0.1) is 0 Å². The van der Waals surface area contributed by atoms with Crippen LogP contribution in [0.15, 0.2) is 28.9 Å². The van der Waals surface area contributed by atoms with E-state index in [-0.39, 0.29) is 5.75 Å². The van der Waals surface area contributed by atoms with Crippen molar-refractivity contribution >= 4 is 22.0 Å². The summed E-state index contributed by atoms with van der Waals surface area (Å²) >= 11 is 3.11. The van der Waals surface area contributed by atoms with E-state index in [1.54, 1.807) is 12.1 Å². The van der Waals surface area contributed by atoms with Gasteiger partial charge in [0.25, 0.3) is 0 Å². The number of aromatic hydroxyl groups is 1. The van der Waals surface area contributed by atoms with E-state index in [1.165, 1.54) is 12.1 Å². The maximum atomic E-state index is 10.0. The maximum Gasteiger partial charge on any atom is 0.235 e. The fourth-order valence-corrected chi connectivity index (χ4v) is 1.20. The first-order valence-electron chi connectivity index (χ1n) is 3.40. The number of hydrogen-bond acceptors (Lipinski definition) is 3. The van der Waals surface area contributed by atoms with Gasteiger partial charge in [-0.1, -0.05) is 12.1 Å². The van der Waals surface area contributed by atoms with Crippen molar-refractivity contribution in [3.63, 3.8) is 0 Å². The van der Waals surface area contributed by atoms with E-state index >= 15 is 0 Å². The molecule has 0 amide bonds. The lowest BCUT2D eigenvalue weighted by atomic mass is 10.2. The number of nitrogens with zero attached hydrogens (tertiary/aromatic N) is 1. The Morgan fingerprint density at radius 2 is 2.23 bits per heavy atom. The van der Waals surface area contributed by atoms with E-state index in [0.29, 0.717) is 10.0 Å². The van der Waals surface area contributed by atoms with E-state index in [1.807, 2.05) is 0 Å². The first kappa shape index (κ1) is 9.73. The van der Waals surface area contributed by atoms with Crippen molar-refractivity contribution in [2.24, 2.45) is 0 Å². The number of phenolic OH excluding ortho intramolecular Hbond substituents is 1. The molecular formula is C8H6BrNO3. The van der Waals surface area contributed by atoms with Gasteiger partial charge in [0, 0.05) is 6.08 Å². The molecule has 0 atom stereocenters. The highest BCUT2D eigenvalue weighted by molar-refractivity contribution is 9.10. The molecule has 0 fully saturated rings. The Balaban J connectivity index is 3.02. The lowest BCUT2D eigenvalue weighted by Crippen LogP contribution is -1.83. The Labute approximate surface area is 82.8 Å². The Kier molecular flexibility index (Phi) is 3.02. The van der Waals surface area contributed by atoms with E-state index in [4.69, 9.17) is 0 Å². The van der Waals surface area contributed by atoms with Crippen molar-refractivity contribution in [2.75, 3.05) is 0 Å². The van der Waals surface area contributed by atoms with Crippen molar-refractivity contribution in [1.82, 2.24) is 0 Å². The average Bonchev–Trinajstić information content (AvgIpc) is 2.07. The summed E-state index contributed by atoms with van der Waals surface area (Å²) < 4.78 is 0.452. The average molecular weight is 244 g/mol. The molecular weight excluding hydrogens is 238 g/mol. The second-order valence-corrected chi connectivity index (χ2v) is 3.07. The highest BCUT2D eigenvalue weighted by Gasteiger charge is 2.01. The number of benzene rings is 1. The molecule has 0 aromatic heterocycles. The highest BCUT2D eigenvalue weighted by Crippen LogP contribution is 2.27. The van der Waals surface area contributed by atoms with Gasteiger partial charge in [-0.2, -0.15) is 0 Å². The molecule has 0 heterocycles. The van der Waals surface area contributed by atoms with Crippen LogP contribution in [-0.4, -0.2) is 10.0 Å². The smallest absolute Gasteiger partial charge is 0.235 e. The summed E-state index contributed by atoms with van der Waals surface area (Å²) in [5, 5.41) is 19.2. The molecule has 1 rings (SSSR count). The molecule has 0 spiro atoms. The van der Waals surface area contributed by atoms with Gasteiger partial charge in [-0.25, -0.2) is 0 Å². The SMILES string of the molecule is O=[N+]([O-])/C=C/c1cccc(O)c1Br. The predicted octanol–water partition coefficient (Wildman–Crippen LogP) is 2.40. The molecule has 0 radical (unpaired) electrons. The highest BCUT2D eigenvalue weighted by atomic mass is 79.9. The molecule has 4 nitrogen and oxygen atoms in total. The van der Waals surface area contributed by atoms with E-state index in [2.05, 4.69) is 15.9 Å². The normalized spacial score (nSPS) is 10.5. The van der Waals surface area contributed by atoms with Gasteiger partial charge >= 0.3 is 0 Å². The Morgan fingerprint density at radius 3 is 2.85 bits per heavy atom. The monoisotopic (exact) mass is 243 g/mol. The molecule has 0 aliphatic rings. The Bertz CT molecular complexity index is 362. The summed E-state index contributed by atoms with van der Waals surface area (Å²) in [5.74, 6) is 0.0606. The minimum absolute atomic E-state index is 0.0606. The topological polar surface area (TPSA) is 63.4 Å². The molecule has 1 aromatic carbocycles. The third-order valence-corrected chi connectivity index (χ3v) is 2.25. The molecule has 0 saturated heterocycles. The first-order chi connectivity index (χ1) is 6.11. The summed E-state index contributed by atoms with van der Waals surface area (Å²) in [6, 6.07) is 4.76. The van der Waals surface area contributed by atoms with Crippen molar-refractivity contribution < 1.29 is 10.0 Å². The Hall–Kier alpha value is -1.36. The van der Waals surface area contributed by atoms with E-state index in [9.17, 15) is 15.2 Å². The molecule has 13 heavy (non-hydrogen) atoms. The van der Waals surface area contributed by atoms with Crippen LogP contribution in [0.25, 0.3) is 6.08 Å². The van der Waals surface area contributed by atoms with Crippen LogP contribution in [0.1, 0.15) is 5.56 Å². The standard InChI is InChI=1S/C8H6BrNO3/c9-8-6(4-5-10(12)13)2-1-3-7(8)11/h1-5,11H/b5-4+. The summed E-state index contributed by atoms with van der Waals surface area (Å²) in [6.07, 6.45) is 2.13. The molecule has 0 bridgehead atoms. The molecule has 0 saturated carbocycles. The van der Waals surface area contributed by atoms with Gasteiger partial charge < -0.3 is 5.11 Å². The van der Waals surface area contributed by atoms with Crippen molar-refractivity contribution in [2.45, 2.75) is 0 Å². The zero-order valence-electron chi connectivity index (χ0n) is 6.48. The van der Waals surface area contributed by atoms with Gasteiger partial charge in [-0.3, -0.25) is 10.1 Å². The molecule has 5 heteroatoms. The zero-order chi connectivity index (χ0) is 9.84. The molecule has 0 unspecified atom stereocenters. The summed E-state index contributed by atoms with van der Waals surface area (Å²) in [5.41, 5.74) is 0.566. The number of rotatable bonds is 2. The van der Waals surface area contributed by atoms with Gasteiger partial charge in [-0.05, 0) is 27.6 Å². The van der Waals surface area contributed by atoms with Gasteiger partial charge in [0.1, 0.15) is 5.75 Å². The lowest BCUT2D eigenvalue weighted by molar-refractivity contribution is -0.400. The molecule has 0 aliphatic carbocycles. The van der Waals surface area contributed by atoms with E-state index < -0.39 is 4.92 Å². The quantitative estimate of drug-likeness (QED) is 0.641. The summed E-state index contributed by atoms with van der Waals surface area (Å²) in [4.78, 5) is 9.45. The van der Waals surface area contributed by atoms with Crippen LogP contribution in [0.4, 0.5) is 0 Å². The number of nitro groups is 1. The molecule has 68 valence electrons. The summed E-state index contributed by atoms with van der Waals surface area (Å²) in [6.45, 7) is 0. The lowest BCUT2D eigenvalue weighted by Gasteiger charge is -1.98. The minimum atomic E-state index is -0.559. The van der Waals surface area contributed by atoms with Crippen LogP contribution >= 0.6 is 15.9 Å². The van der Waals surface area contributed by atoms with Crippen LogP contribution in [0.2, 0.25) is 0 Å². The molecule has 1 N–H and O–H groups in total. The van der Waals surface area contributed by atoms with Gasteiger partial charge in [0.15, 0.2) is 0 Å². The van der Waals surface area contributed by atoms with Crippen LogP contribution in [0.3, 0.4) is 0 Å². The van der Waals surface area contributed by atoms with Gasteiger partial charge in [0.05, 0.1) is 9.40 Å². The van der Waals surface area contributed by atoms with E-state index in [0.717, 1.165) is 6.20 Å². The first-order valence-corrected chi connectivity index (χ1v) is 4.19. The largest absolute Gasteiger partial charge is 0.507 e. The fourth-order valence-electron chi connectivity index (χ4n) is 0.807. The number of hydrogen-bond donors (Lipinski definition) is 1. The minimum Gasteiger partial charge on any atom is -0.507 e. The maximum absolute atomic E-state index is 10.0. The number of halogens is 1. The van der Waals surface area contributed by atoms with Crippen LogP contribution in [0, 0.1) is 10.1 Å². The van der Waals surface area contributed by atoms with Crippen LogP contribution < -0.4 is 0 Å². The van der Waals surface area contributed by atoms with Crippen molar-refractivity contribution in [3.8, 4) is 5.75 Å². The third-order valence-electron chi connectivity index (χ3n) is 1.38. The molecule has 0 aliphatic heterocycles. The van der Waals surface area contributed by atoms with Gasteiger partial charge in [0.2, 0.25) is 6.20 Å².